The summed E-state index contributed by atoms with van der Waals surface area (Å²) in [6, 6.07) is 14.4. The maximum Gasteiger partial charge on any atom is 0.304 e. The summed E-state index contributed by atoms with van der Waals surface area (Å²) in [7, 11) is -1.10. The van der Waals surface area contributed by atoms with Crippen LogP contribution >= 0.6 is 0 Å². The molecule has 0 aliphatic rings. The summed E-state index contributed by atoms with van der Waals surface area (Å²) in [6.45, 7) is 7.70. The van der Waals surface area contributed by atoms with Crippen LogP contribution < -0.4 is 9.62 Å². The lowest BCUT2D eigenvalue weighted by Gasteiger charge is -2.33. The average molecular weight is 503 g/mol. The van der Waals surface area contributed by atoms with Crippen molar-refractivity contribution in [2.24, 2.45) is 0 Å². The molecule has 0 aromatic heterocycles. The molecule has 0 heterocycles. The molecular weight excluding hydrogens is 464 g/mol. The van der Waals surface area contributed by atoms with Crippen molar-refractivity contribution in [1.82, 2.24) is 14.5 Å². The van der Waals surface area contributed by atoms with Crippen LogP contribution in [0, 0.1) is 13.8 Å². The molecule has 2 aromatic rings. The predicted octanol–water partition coefficient (Wildman–Crippen LogP) is 2.90. The number of nitrogens with one attached hydrogen (secondary N) is 1. The maximum absolute atomic E-state index is 13.7. The molecule has 8 nitrogen and oxygen atoms in total. The summed E-state index contributed by atoms with van der Waals surface area (Å²) in [6.07, 6.45) is 1.32. The van der Waals surface area contributed by atoms with E-state index in [1.165, 1.54) is 19.0 Å². The minimum absolute atomic E-state index is 0.262. The molecule has 1 N–H and O–H groups in total. The fourth-order valence-corrected chi connectivity index (χ4v) is 4.77. The van der Waals surface area contributed by atoms with Crippen molar-refractivity contribution in [2.45, 2.75) is 46.6 Å². The van der Waals surface area contributed by atoms with Gasteiger partial charge >= 0.3 is 10.2 Å². The fraction of sp³-hybridized carbons (Fsp3) is 0.462. The van der Waals surface area contributed by atoms with Gasteiger partial charge in [-0.25, -0.2) is 4.31 Å². The minimum Gasteiger partial charge on any atom is -0.354 e. The molecule has 2 aromatic carbocycles. The molecule has 2 rings (SSSR count). The highest BCUT2D eigenvalue weighted by molar-refractivity contribution is 7.90. The number of amides is 2. The molecule has 0 bridgehead atoms. The van der Waals surface area contributed by atoms with Crippen LogP contribution in [-0.2, 0) is 26.2 Å². The first-order valence-electron chi connectivity index (χ1n) is 11.9. The first-order chi connectivity index (χ1) is 16.5. The van der Waals surface area contributed by atoms with Crippen LogP contribution in [0.5, 0.6) is 0 Å². The molecule has 35 heavy (non-hydrogen) atoms. The third kappa shape index (κ3) is 7.53. The van der Waals surface area contributed by atoms with Gasteiger partial charge in [-0.15, -0.1) is 0 Å². The zero-order chi connectivity index (χ0) is 26.2. The molecule has 0 fully saturated rings. The number of aryl methyl sites for hydroxylation is 2. The summed E-state index contributed by atoms with van der Waals surface area (Å²) >= 11 is 0. The van der Waals surface area contributed by atoms with Gasteiger partial charge in [-0.2, -0.15) is 12.7 Å². The molecule has 192 valence electrons. The molecule has 0 aliphatic heterocycles. The minimum atomic E-state index is -3.97. The third-order valence-corrected chi connectivity index (χ3v) is 7.66. The van der Waals surface area contributed by atoms with Crippen molar-refractivity contribution >= 4 is 27.7 Å². The van der Waals surface area contributed by atoms with Gasteiger partial charge in [-0.1, -0.05) is 49.4 Å². The summed E-state index contributed by atoms with van der Waals surface area (Å²) in [5.74, 6) is -0.701. The Morgan fingerprint density at radius 2 is 1.69 bits per heavy atom. The smallest absolute Gasteiger partial charge is 0.304 e. The number of hydrogen-bond acceptors (Lipinski definition) is 4. The monoisotopic (exact) mass is 502 g/mol. The highest BCUT2D eigenvalue weighted by atomic mass is 32.2. The van der Waals surface area contributed by atoms with Gasteiger partial charge in [-0.05, 0) is 56.4 Å². The molecule has 0 radical (unpaired) electrons. The largest absolute Gasteiger partial charge is 0.354 e. The summed E-state index contributed by atoms with van der Waals surface area (Å²) in [5, 5.41) is 2.84. The highest BCUT2D eigenvalue weighted by Gasteiger charge is 2.33. The summed E-state index contributed by atoms with van der Waals surface area (Å²) in [4.78, 5) is 27.9. The second-order valence-corrected chi connectivity index (χ2v) is 10.9. The van der Waals surface area contributed by atoms with Gasteiger partial charge in [0.1, 0.15) is 12.6 Å². The first kappa shape index (κ1) is 28.3. The van der Waals surface area contributed by atoms with E-state index >= 15 is 0 Å². The molecular formula is C26H38N4O4S. The Kier molecular flexibility index (Phi) is 10.3. The van der Waals surface area contributed by atoms with Crippen molar-refractivity contribution in [3.8, 4) is 0 Å². The Balaban J connectivity index is 2.41. The van der Waals surface area contributed by atoms with E-state index in [4.69, 9.17) is 0 Å². The number of nitrogens with zero attached hydrogens (tertiary/aromatic N) is 3. The number of carbonyl (C=O) groups is 2. The lowest BCUT2D eigenvalue weighted by Crippen LogP contribution is -2.53. The maximum atomic E-state index is 13.7. The molecule has 0 aliphatic carbocycles. The summed E-state index contributed by atoms with van der Waals surface area (Å²) < 4.78 is 28.8. The van der Waals surface area contributed by atoms with E-state index in [1.54, 1.807) is 13.0 Å². The van der Waals surface area contributed by atoms with Crippen LogP contribution in [0.1, 0.15) is 37.0 Å². The van der Waals surface area contributed by atoms with Gasteiger partial charge in [0.05, 0.1) is 5.69 Å². The Labute approximate surface area is 210 Å². The molecule has 2 amide bonds. The standard InChI is InChI=1S/C26H38N4O4S/c1-7-16-27-26(32)22(4)29(17-15-23-11-9-8-10-12-23)25(31)19-30(35(33,34)28(5)6)24-18-20(2)13-14-21(24)3/h8-14,18,22H,7,15-17,19H2,1-6H3,(H,27,32)/t22-/m1/s1. The number of rotatable bonds is 12. The lowest BCUT2D eigenvalue weighted by atomic mass is 10.1. The van der Waals surface area contributed by atoms with Crippen LogP contribution in [0.15, 0.2) is 48.5 Å². The van der Waals surface area contributed by atoms with Crippen LogP contribution in [0.25, 0.3) is 0 Å². The Morgan fingerprint density at radius 1 is 1.03 bits per heavy atom. The van der Waals surface area contributed by atoms with E-state index in [1.807, 2.05) is 63.2 Å². The van der Waals surface area contributed by atoms with E-state index in [0.29, 0.717) is 18.7 Å². The van der Waals surface area contributed by atoms with E-state index in [-0.39, 0.29) is 12.5 Å². The van der Waals surface area contributed by atoms with Crippen molar-refractivity contribution in [3.05, 3.63) is 65.2 Å². The van der Waals surface area contributed by atoms with E-state index in [9.17, 15) is 18.0 Å². The second-order valence-electron chi connectivity index (χ2n) is 8.88. The topological polar surface area (TPSA) is 90.0 Å². The summed E-state index contributed by atoms with van der Waals surface area (Å²) in [5.41, 5.74) is 3.08. The quantitative estimate of drug-likeness (QED) is 0.483. The van der Waals surface area contributed by atoms with Gasteiger partial charge in [0.25, 0.3) is 0 Å². The molecule has 0 spiro atoms. The van der Waals surface area contributed by atoms with Gasteiger partial charge in [0.2, 0.25) is 11.8 Å². The Bertz CT molecular complexity index is 1100. The molecule has 1 atom stereocenters. The number of anilines is 1. The Hall–Kier alpha value is -2.91. The normalized spacial score (nSPS) is 12.3. The molecule has 0 saturated heterocycles. The van der Waals surface area contributed by atoms with Crippen molar-refractivity contribution < 1.29 is 18.0 Å². The second kappa shape index (κ2) is 12.7. The number of hydrogen-bond donors (Lipinski definition) is 1. The SMILES string of the molecule is CCCNC(=O)[C@@H](C)N(CCc1ccccc1)C(=O)CN(c1cc(C)ccc1C)S(=O)(=O)N(C)C. The molecule has 9 heteroatoms. The third-order valence-electron chi connectivity index (χ3n) is 5.85. The van der Waals surface area contributed by atoms with Crippen molar-refractivity contribution in [1.29, 1.82) is 0 Å². The zero-order valence-electron chi connectivity index (χ0n) is 21.6. The van der Waals surface area contributed by atoms with Crippen LogP contribution in [-0.4, -0.2) is 69.2 Å². The van der Waals surface area contributed by atoms with E-state index < -0.39 is 28.7 Å². The molecule has 0 saturated carbocycles. The van der Waals surface area contributed by atoms with Crippen molar-refractivity contribution in [3.63, 3.8) is 0 Å². The number of benzene rings is 2. The highest BCUT2D eigenvalue weighted by Crippen LogP contribution is 2.25. The lowest BCUT2D eigenvalue weighted by molar-refractivity contribution is -0.138. The predicted molar refractivity (Wildman–Crippen MR) is 140 cm³/mol. The van der Waals surface area contributed by atoms with Gasteiger partial charge in [0.15, 0.2) is 0 Å². The van der Waals surface area contributed by atoms with Gasteiger partial charge in [0, 0.05) is 27.2 Å². The zero-order valence-corrected chi connectivity index (χ0v) is 22.4. The Morgan fingerprint density at radius 3 is 2.29 bits per heavy atom. The average Bonchev–Trinajstić information content (AvgIpc) is 2.83. The fourth-order valence-electron chi connectivity index (χ4n) is 3.66. The van der Waals surface area contributed by atoms with Crippen LogP contribution in [0.3, 0.4) is 0 Å². The van der Waals surface area contributed by atoms with Crippen LogP contribution in [0.2, 0.25) is 0 Å². The first-order valence-corrected chi connectivity index (χ1v) is 13.3. The number of carbonyl (C=O) groups excluding carboxylic acids is 2. The molecule has 0 unspecified atom stereocenters. The van der Waals surface area contributed by atoms with Crippen LogP contribution in [0.4, 0.5) is 5.69 Å². The van der Waals surface area contributed by atoms with E-state index in [0.717, 1.165) is 31.7 Å². The van der Waals surface area contributed by atoms with E-state index in [2.05, 4.69) is 5.32 Å². The van der Waals surface area contributed by atoms with Gasteiger partial charge in [-0.3, -0.25) is 9.59 Å². The van der Waals surface area contributed by atoms with Crippen molar-refractivity contribution in [2.75, 3.05) is 38.0 Å². The van der Waals surface area contributed by atoms with Gasteiger partial charge < -0.3 is 10.2 Å².